The smallest absolute Gasteiger partial charge is 0.258 e. The molecule has 0 aliphatic heterocycles. The molecule has 1 heterocycles. The number of halogens is 1. The van der Waals surface area contributed by atoms with Gasteiger partial charge in [-0.1, -0.05) is 5.16 Å². The quantitative estimate of drug-likeness (QED) is 0.800. The van der Waals surface area contributed by atoms with Crippen LogP contribution >= 0.6 is 0 Å². The lowest BCUT2D eigenvalue weighted by Gasteiger charge is -2.01. The first kappa shape index (κ1) is 13.1. The van der Waals surface area contributed by atoms with E-state index in [-0.39, 0.29) is 17.4 Å². The highest BCUT2D eigenvalue weighted by Crippen LogP contribution is 2.26. The van der Waals surface area contributed by atoms with Crippen molar-refractivity contribution in [1.82, 2.24) is 10.1 Å². The molecule has 106 valence electrons. The van der Waals surface area contributed by atoms with Gasteiger partial charge in [0.2, 0.25) is 5.82 Å². The van der Waals surface area contributed by atoms with Crippen LogP contribution in [0.25, 0.3) is 22.8 Å². The first-order chi connectivity index (χ1) is 10.2. The predicted molar refractivity (Wildman–Crippen MR) is 73.3 cm³/mol. The van der Waals surface area contributed by atoms with Crippen LogP contribution in [0.15, 0.2) is 47.0 Å². The van der Waals surface area contributed by atoms with Gasteiger partial charge < -0.3 is 14.4 Å². The molecule has 0 saturated carbocycles. The monoisotopic (exact) mass is 286 g/mol. The Morgan fingerprint density at radius 1 is 1.10 bits per heavy atom. The minimum absolute atomic E-state index is 0.150. The zero-order chi connectivity index (χ0) is 14.8. The summed E-state index contributed by atoms with van der Waals surface area (Å²) >= 11 is 0. The Balaban J connectivity index is 1.94. The maximum atomic E-state index is 13.7. The molecule has 0 atom stereocenters. The molecule has 1 N–H and O–H groups in total. The van der Waals surface area contributed by atoms with Crippen LogP contribution in [0.3, 0.4) is 0 Å². The Hall–Kier alpha value is -2.89. The summed E-state index contributed by atoms with van der Waals surface area (Å²) in [5, 5.41) is 13.1. The zero-order valence-corrected chi connectivity index (χ0v) is 11.1. The van der Waals surface area contributed by atoms with Gasteiger partial charge in [-0.3, -0.25) is 0 Å². The van der Waals surface area contributed by atoms with E-state index in [1.54, 1.807) is 18.2 Å². The van der Waals surface area contributed by atoms with Crippen molar-refractivity contribution in [2.75, 3.05) is 7.11 Å². The number of aromatic nitrogens is 2. The van der Waals surface area contributed by atoms with Gasteiger partial charge in [0.05, 0.1) is 7.11 Å². The Kier molecular flexibility index (Phi) is 3.27. The molecule has 0 aliphatic rings. The number of phenolic OH excluding ortho intramolecular Hbond substituents is 1. The van der Waals surface area contributed by atoms with Crippen molar-refractivity contribution in [2.45, 2.75) is 0 Å². The highest BCUT2D eigenvalue weighted by molar-refractivity contribution is 5.61. The maximum Gasteiger partial charge on any atom is 0.258 e. The summed E-state index contributed by atoms with van der Waals surface area (Å²) in [6, 6.07) is 10.8. The average Bonchev–Trinajstić information content (AvgIpc) is 2.98. The molecular formula is C15H11FN2O3. The summed E-state index contributed by atoms with van der Waals surface area (Å²) in [4.78, 5) is 4.21. The van der Waals surface area contributed by atoms with Gasteiger partial charge in [0, 0.05) is 11.1 Å². The minimum atomic E-state index is -0.501. The normalized spacial score (nSPS) is 10.6. The summed E-state index contributed by atoms with van der Waals surface area (Å²) in [6.07, 6.45) is 0. The molecule has 21 heavy (non-hydrogen) atoms. The second kappa shape index (κ2) is 5.24. The van der Waals surface area contributed by atoms with Gasteiger partial charge in [-0.2, -0.15) is 4.98 Å². The number of rotatable bonds is 3. The van der Waals surface area contributed by atoms with E-state index in [4.69, 9.17) is 9.26 Å². The summed E-state index contributed by atoms with van der Waals surface area (Å²) in [7, 11) is 1.40. The second-order valence-corrected chi connectivity index (χ2v) is 4.32. The van der Waals surface area contributed by atoms with Gasteiger partial charge in [-0.15, -0.1) is 0 Å². The molecule has 0 saturated heterocycles. The molecule has 5 nitrogen and oxygen atoms in total. The molecular weight excluding hydrogens is 275 g/mol. The summed E-state index contributed by atoms with van der Waals surface area (Å²) in [5.74, 6) is 0.372. The molecule has 0 unspecified atom stereocenters. The van der Waals surface area contributed by atoms with Crippen LogP contribution < -0.4 is 4.74 Å². The van der Waals surface area contributed by atoms with Gasteiger partial charge in [-0.25, -0.2) is 4.39 Å². The highest BCUT2D eigenvalue weighted by atomic mass is 19.1. The van der Waals surface area contributed by atoms with E-state index in [1.807, 2.05) is 0 Å². The SMILES string of the molecule is COc1ccc(-c2nc(-c3ccc(O)cc3)no2)cc1F. The van der Waals surface area contributed by atoms with Gasteiger partial charge >= 0.3 is 0 Å². The lowest BCUT2D eigenvalue weighted by Crippen LogP contribution is -1.88. The molecule has 2 aromatic carbocycles. The predicted octanol–water partition coefficient (Wildman–Crippen LogP) is 3.26. The van der Waals surface area contributed by atoms with E-state index in [1.165, 1.54) is 31.4 Å². The van der Waals surface area contributed by atoms with E-state index in [2.05, 4.69) is 10.1 Å². The fraction of sp³-hybridized carbons (Fsp3) is 0.0667. The number of benzene rings is 2. The van der Waals surface area contributed by atoms with Crippen LogP contribution in [0.4, 0.5) is 4.39 Å². The Bertz CT molecular complexity index is 769. The molecule has 3 aromatic rings. The van der Waals surface area contributed by atoms with Crippen LogP contribution in [0, 0.1) is 5.82 Å². The number of aromatic hydroxyl groups is 1. The van der Waals surface area contributed by atoms with Crippen molar-refractivity contribution < 1.29 is 18.8 Å². The average molecular weight is 286 g/mol. The third-order valence-electron chi connectivity index (χ3n) is 2.95. The first-order valence-electron chi connectivity index (χ1n) is 6.14. The number of methoxy groups -OCH3 is 1. The Labute approximate surface area is 119 Å². The van der Waals surface area contributed by atoms with E-state index in [0.717, 1.165) is 0 Å². The zero-order valence-electron chi connectivity index (χ0n) is 11.1. The van der Waals surface area contributed by atoms with Crippen molar-refractivity contribution >= 4 is 0 Å². The molecule has 6 heteroatoms. The van der Waals surface area contributed by atoms with Crippen LogP contribution in [0.2, 0.25) is 0 Å². The number of ether oxygens (including phenoxy) is 1. The van der Waals surface area contributed by atoms with E-state index in [0.29, 0.717) is 17.0 Å². The Morgan fingerprint density at radius 3 is 2.48 bits per heavy atom. The number of hydrogen-bond acceptors (Lipinski definition) is 5. The van der Waals surface area contributed by atoms with E-state index >= 15 is 0 Å². The molecule has 0 fully saturated rings. The lowest BCUT2D eigenvalue weighted by molar-refractivity contribution is 0.386. The third kappa shape index (κ3) is 2.55. The lowest BCUT2D eigenvalue weighted by atomic mass is 10.2. The van der Waals surface area contributed by atoms with Crippen molar-refractivity contribution in [2.24, 2.45) is 0 Å². The molecule has 0 amide bonds. The van der Waals surface area contributed by atoms with E-state index < -0.39 is 5.82 Å². The van der Waals surface area contributed by atoms with Gasteiger partial charge in [-0.05, 0) is 42.5 Å². The minimum Gasteiger partial charge on any atom is -0.508 e. The van der Waals surface area contributed by atoms with Crippen LogP contribution in [-0.2, 0) is 0 Å². The standard InChI is InChI=1S/C15H11FN2O3/c1-20-13-7-4-10(8-12(13)16)15-17-14(18-21-15)9-2-5-11(19)6-3-9/h2-8,19H,1H3. The van der Waals surface area contributed by atoms with Crippen molar-refractivity contribution in [3.8, 4) is 34.3 Å². The van der Waals surface area contributed by atoms with Crippen molar-refractivity contribution in [1.29, 1.82) is 0 Å². The molecule has 3 rings (SSSR count). The summed E-state index contributed by atoms with van der Waals surface area (Å²) in [6.45, 7) is 0. The maximum absolute atomic E-state index is 13.7. The largest absolute Gasteiger partial charge is 0.508 e. The van der Waals surface area contributed by atoms with Crippen LogP contribution in [0.5, 0.6) is 11.5 Å². The van der Waals surface area contributed by atoms with Gasteiger partial charge in [0.15, 0.2) is 11.6 Å². The van der Waals surface area contributed by atoms with Crippen LogP contribution in [0.1, 0.15) is 0 Å². The molecule has 0 bridgehead atoms. The van der Waals surface area contributed by atoms with Crippen molar-refractivity contribution in [3.05, 3.63) is 48.3 Å². The van der Waals surface area contributed by atoms with Gasteiger partial charge in [0.25, 0.3) is 5.89 Å². The third-order valence-corrected chi connectivity index (χ3v) is 2.95. The topological polar surface area (TPSA) is 68.4 Å². The van der Waals surface area contributed by atoms with Crippen molar-refractivity contribution in [3.63, 3.8) is 0 Å². The molecule has 1 aromatic heterocycles. The first-order valence-corrected chi connectivity index (χ1v) is 6.14. The molecule has 0 aliphatic carbocycles. The molecule has 0 radical (unpaired) electrons. The number of nitrogens with zero attached hydrogens (tertiary/aromatic N) is 2. The van der Waals surface area contributed by atoms with Crippen LogP contribution in [-0.4, -0.2) is 22.4 Å². The second-order valence-electron chi connectivity index (χ2n) is 4.32. The number of hydrogen-bond donors (Lipinski definition) is 1. The summed E-state index contributed by atoms with van der Waals surface area (Å²) < 4.78 is 23.7. The van der Waals surface area contributed by atoms with Gasteiger partial charge in [0.1, 0.15) is 5.75 Å². The summed E-state index contributed by atoms with van der Waals surface area (Å²) in [5.41, 5.74) is 1.16. The number of phenols is 1. The highest BCUT2D eigenvalue weighted by Gasteiger charge is 2.13. The Morgan fingerprint density at radius 2 is 1.81 bits per heavy atom. The fourth-order valence-corrected chi connectivity index (χ4v) is 1.87. The van der Waals surface area contributed by atoms with E-state index in [9.17, 15) is 9.50 Å². The molecule has 0 spiro atoms. The fourth-order valence-electron chi connectivity index (χ4n) is 1.87.